The van der Waals surface area contributed by atoms with Gasteiger partial charge in [0.25, 0.3) is 5.91 Å². The fourth-order valence-corrected chi connectivity index (χ4v) is 2.46. The average Bonchev–Trinajstić information content (AvgIpc) is 3.35. The third-order valence-corrected chi connectivity index (χ3v) is 4.27. The van der Waals surface area contributed by atoms with Gasteiger partial charge in [-0.2, -0.15) is 0 Å². The number of amides is 2. The van der Waals surface area contributed by atoms with Crippen molar-refractivity contribution in [3.63, 3.8) is 0 Å². The number of anilines is 1. The Balaban J connectivity index is 1.67. The molecule has 0 bridgehead atoms. The summed E-state index contributed by atoms with van der Waals surface area (Å²) in [7, 11) is 0. The van der Waals surface area contributed by atoms with Crippen molar-refractivity contribution in [2.24, 2.45) is 5.73 Å². The van der Waals surface area contributed by atoms with Crippen molar-refractivity contribution in [2.75, 3.05) is 5.32 Å². The second-order valence-electron chi connectivity index (χ2n) is 6.30. The SMILES string of the molecule is CC(NC(=O)C1(N)CC1)c1cccc(NC(=O)c2ccccc2)c1. The van der Waals surface area contributed by atoms with Crippen LogP contribution < -0.4 is 16.4 Å². The fraction of sp³-hybridized carbons (Fsp3) is 0.263. The van der Waals surface area contributed by atoms with Crippen LogP contribution in [-0.4, -0.2) is 17.4 Å². The normalized spacial score (nSPS) is 16.1. The monoisotopic (exact) mass is 323 g/mol. The summed E-state index contributed by atoms with van der Waals surface area (Å²) in [5.74, 6) is -0.281. The highest BCUT2D eigenvalue weighted by atomic mass is 16.2. The van der Waals surface area contributed by atoms with E-state index in [0.717, 1.165) is 18.4 Å². The van der Waals surface area contributed by atoms with Crippen molar-refractivity contribution in [3.05, 3.63) is 65.7 Å². The summed E-state index contributed by atoms with van der Waals surface area (Å²) in [6.07, 6.45) is 1.47. The van der Waals surface area contributed by atoms with Gasteiger partial charge in [-0.15, -0.1) is 0 Å². The standard InChI is InChI=1S/C19H21N3O2/c1-13(21-18(24)19(20)10-11-19)15-8-5-9-16(12-15)22-17(23)14-6-3-2-4-7-14/h2-9,12-13H,10-11,20H2,1H3,(H,21,24)(H,22,23). The molecule has 0 spiro atoms. The minimum absolute atomic E-state index is 0.117. The summed E-state index contributed by atoms with van der Waals surface area (Å²) in [5, 5.41) is 5.81. The van der Waals surface area contributed by atoms with Crippen LogP contribution in [0.1, 0.15) is 41.7 Å². The minimum Gasteiger partial charge on any atom is -0.348 e. The molecule has 5 nitrogen and oxygen atoms in total. The molecule has 3 rings (SSSR count). The number of hydrogen-bond acceptors (Lipinski definition) is 3. The molecule has 0 heterocycles. The molecule has 1 fully saturated rings. The highest BCUT2D eigenvalue weighted by Crippen LogP contribution is 2.33. The van der Waals surface area contributed by atoms with Gasteiger partial charge in [0.15, 0.2) is 0 Å². The Morgan fingerprint density at radius 1 is 1.08 bits per heavy atom. The van der Waals surface area contributed by atoms with Crippen LogP contribution in [0.4, 0.5) is 5.69 Å². The smallest absolute Gasteiger partial charge is 0.255 e. The van der Waals surface area contributed by atoms with E-state index in [2.05, 4.69) is 10.6 Å². The number of nitrogens with one attached hydrogen (secondary N) is 2. The van der Waals surface area contributed by atoms with E-state index in [-0.39, 0.29) is 17.9 Å². The molecule has 1 atom stereocenters. The zero-order chi connectivity index (χ0) is 17.2. The lowest BCUT2D eigenvalue weighted by molar-refractivity contribution is -0.123. The molecule has 0 aromatic heterocycles. The van der Waals surface area contributed by atoms with Crippen molar-refractivity contribution < 1.29 is 9.59 Å². The van der Waals surface area contributed by atoms with Gasteiger partial charge in [0, 0.05) is 11.3 Å². The second kappa shape index (κ2) is 6.45. The molecule has 5 heteroatoms. The number of carbonyl (C=O) groups is 2. The van der Waals surface area contributed by atoms with Crippen LogP contribution >= 0.6 is 0 Å². The predicted octanol–water partition coefficient (Wildman–Crippen LogP) is 2.61. The Labute approximate surface area is 141 Å². The van der Waals surface area contributed by atoms with Crippen LogP contribution in [0.15, 0.2) is 54.6 Å². The molecule has 4 N–H and O–H groups in total. The third-order valence-electron chi connectivity index (χ3n) is 4.27. The lowest BCUT2D eigenvalue weighted by Crippen LogP contribution is -2.43. The van der Waals surface area contributed by atoms with Gasteiger partial charge < -0.3 is 16.4 Å². The molecule has 1 saturated carbocycles. The predicted molar refractivity (Wildman–Crippen MR) is 93.5 cm³/mol. The summed E-state index contributed by atoms with van der Waals surface area (Å²) >= 11 is 0. The molecular formula is C19H21N3O2. The second-order valence-corrected chi connectivity index (χ2v) is 6.30. The van der Waals surface area contributed by atoms with Gasteiger partial charge in [-0.05, 0) is 49.6 Å². The van der Waals surface area contributed by atoms with Crippen molar-refractivity contribution in [3.8, 4) is 0 Å². The van der Waals surface area contributed by atoms with E-state index < -0.39 is 5.54 Å². The first kappa shape index (κ1) is 16.2. The van der Waals surface area contributed by atoms with Crippen LogP contribution in [0, 0.1) is 0 Å². The average molecular weight is 323 g/mol. The number of carbonyl (C=O) groups excluding carboxylic acids is 2. The van der Waals surface area contributed by atoms with Crippen LogP contribution in [-0.2, 0) is 4.79 Å². The molecule has 0 aliphatic heterocycles. The summed E-state index contributed by atoms with van der Waals surface area (Å²) in [5.41, 5.74) is 7.43. The first-order valence-corrected chi connectivity index (χ1v) is 8.04. The summed E-state index contributed by atoms with van der Waals surface area (Å²) in [6.45, 7) is 1.90. The van der Waals surface area contributed by atoms with Crippen LogP contribution in [0.3, 0.4) is 0 Å². The molecule has 0 radical (unpaired) electrons. The maximum absolute atomic E-state index is 12.2. The van der Waals surface area contributed by atoms with Crippen molar-refractivity contribution >= 4 is 17.5 Å². The van der Waals surface area contributed by atoms with Gasteiger partial charge in [-0.25, -0.2) is 0 Å². The number of benzene rings is 2. The van der Waals surface area contributed by atoms with Crippen molar-refractivity contribution in [1.29, 1.82) is 0 Å². The minimum atomic E-state index is -0.687. The maximum atomic E-state index is 12.2. The summed E-state index contributed by atoms with van der Waals surface area (Å²) in [6, 6.07) is 16.3. The quantitative estimate of drug-likeness (QED) is 0.791. The Morgan fingerprint density at radius 2 is 1.79 bits per heavy atom. The summed E-state index contributed by atoms with van der Waals surface area (Å²) in [4.78, 5) is 24.3. The van der Waals surface area contributed by atoms with Crippen molar-refractivity contribution in [2.45, 2.75) is 31.3 Å². The highest BCUT2D eigenvalue weighted by molar-refractivity contribution is 6.04. The summed E-state index contributed by atoms with van der Waals surface area (Å²) < 4.78 is 0. The van der Waals surface area contributed by atoms with Crippen LogP contribution in [0.5, 0.6) is 0 Å². The zero-order valence-electron chi connectivity index (χ0n) is 13.6. The van der Waals surface area contributed by atoms with E-state index in [1.807, 2.05) is 49.4 Å². The van der Waals surface area contributed by atoms with Crippen LogP contribution in [0.25, 0.3) is 0 Å². The van der Waals surface area contributed by atoms with Crippen molar-refractivity contribution in [1.82, 2.24) is 5.32 Å². The van der Waals surface area contributed by atoms with E-state index in [4.69, 9.17) is 5.73 Å². The van der Waals surface area contributed by atoms with E-state index >= 15 is 0 Å². The first-order valence-electron chi connectivity index (χ1n) is 8.04. The molecule has 1 aliphatic carbocycles. The molecule has 2 amide bonds. The van der Waals surface area contributed by atoms with Gasteiger partial charge in [0.05, 0.1) is 11.6 Å². The van der Waals surface area contributed by atoms with E-state index in [9.17, 15) is 9.59 Å². The van der Waals surface area contributed by atoms with E-state index in [1.54, 1.807) is 12.1 Å². The molecule has 124 valence electrons. The van der Waals surface area contributed by atoms with Gasteiger partial charge in [0.2, 0.25) is 5.91 Å². The topological polar surface area (TPSA) is 84.2 Å². The molecular weight excluding hydrogens is 302 g/mol. The Kier molecular flexibility index (Phi) is 4.36. The lowest BCUT2D eigenvalue weighted by atomic mass is 10.1. The molecule has 0 saturated heterocycles. The van der Waals surface area contributed by atoms with Crippen LogP contribution in [0.2, 0.25) is 0 Å². The van der Waals surface area contributed by atoms with Gasteiger partial charge >= 0.3 is 0 Å². The molecule has 2 aromatic carbocycles. The molecule has 1 aliphatic rings. The van der Waals surface area contributed by atoms with Gasteiger partial charge in [-0.3, -0.25) is 9.59 Å². The third kappa shape index (κ3) is 3.63. The number of hydrogen-bond donors (Lipinski definition) is 3. The van der Waals surface area contributed by atoms with E-state index in [1.165, 1.54) is 0 Å². The van der Waals surface area contributed by atoms with Gasteiger partial charge in [-0.1, -0.05) is 30.3 Å². The van der Waals surface area contributed by atoms with Gasteiger partial charge in [0.1, 0.15) is 0 Å². The largest absolute Gasteiger partial charge is 0.348 e. The van der Waals surface area contributed by atoms with E-state index in [0.29, 0.717) is 11.3 Å². The number of rotatable bonds is 5. The Bertz CT molecular complexity index is 754. The fourth-order valence-electron chi connectivity index (χ4n) is 2.46. The Morgan fingerprint density at radius 3 is 2.46 bits per heavy atom. The highest BCUT2D eigenvalue weighted by Gasteiger charge is 2.46. The molecule has 2 aromatic rings. The molecule has 1 unspecified atom stereocenters. The number of nitrogens with two attached hydrogens (primary N) is 1. The first-order chi connectivity index (χ1) is 11.5. The zero-order valence-corrected chi connectivity index (χ0v) is 13.6. The Hall–Kier alpha value is -2.66. The maximum Gasteiger partial charge on any atom is 0.255 e. The lowest BCUT2D eigenvalue weighted by Gasteiger charge is -2.18. The molecule has 24 heavy (non-hydrogen) atoms.